The van der Waals surface area contributed by atoms with Crippen LogP contribution in [-0.2, 0) is 0 Å². The van der Waals surface area contributed by atoms with Gasteiger partial charge in [-0.25, -0.2) is 0 Å². The molecule has 12 heavy (non-hydrogen) atoms. The van der Waals surface area contributed by atoms with Gasteiger partial charge in [0, 0.05) is 5.92 Å². The van der Waals surface area contributed by atoms with Gasteiger partial charge in [-0.05, 0) is 6.07 Å². The first kappa shape index (κ1) is 8.71. The van der Waals surface area contributed by atoms with Crippen molar-refractivity contribution in [1.82, 2.24) is 0 Å². The lowest BCUT2D eigenvalue weighted by molar-refractivity contribution is 0.0938. The SMILES string of the molecule is CC(C)C(=O)c1coc(C=O)c1. The Bertz CT molecular complexity index is 296. The molecule has 1 aromatic rings. The van der Waals surface area contributed by atoms with E-state index in [1.165, 1.54) is 12.3 Å². The number of ketones is 1. The van der Waals surface area contributed by atoms with Crippen LogP contribution in [0.3, 0.4) is 0 Å². The van der Waals surface area contributed by atoms with Gasteiger partial charge in [-0.15, -0.1) is 0 Å². The zero-order chi connectivity index (χ0) is 9.14. The zero-order valence-electron chi connectivity index (χ0n) is 7.03. The highest BCUT2D eigenvalue weighted by molar-refractivity contribution is 5.98. The zero-order valence-corrected chi connectivity index (χ0v) is 7.03. The summed E-state index contributed by atoms with van der Waals surface area (Å²) >= 11 is 0. The van der Waals surface area contributed by atoms with Crippen LogP contribution in [0.15, 0.2) is 16.7 Å². The highest BCUT2D eigenvalue weighted by Crippen LogP contribution is 2.11. The minimum Gasteiger partial charge on any atom is -0.461 e. The standard InChI is InChI=1S/C9H10O3/c1-6(2)9(11)7-3-8(4-10)12-5-7/h3-6H,1-2H3. The number of carbonyl (C=O) groups is 2. The van der Waals surface area contributed by atoms with Gasteiger partial charge in [-0.1, -0.05) is 13.8 Å². The van der Waals surface area contributed by atoms with Crippen LogP contribution in [0.4, 0.5) is 0 Å². The summed E-state index contributed by atoms with van der Waals surface area (Å²) in [5, 5.41) is 0. The van der Waals surface area contributed by atoms with Crippen LogP contribution in [0, 0.1) is 5.92 Å². The predicted molar refractivity (Wildman–Crippen MR) is 43.3 cm³/mol. The number of carbonyl (C=O) groups excluding carboxylic acids is 2. The number of Topliss-reactive ketones (excluding diaryl/α,β-unsaturated/α-hetero) is 1. The average molecular weight is 166 g/mol. The van der Waals surface area contributed by atoms with Crippen molar-refractivity contribution in [3.63, 3.8) is 0 Å². The van der Waals surface area contributed by atoms with Gasteiger partial charge < -0.3 is 4.42 Å². The normalized spacial score (nSPS) is 10.2. The summed E-state index contributed by atoms with van der Waals surface area (Å²) in [5.41, 5.74) is 0.465. The number of rotatable bonds is 3. The van der Waals surface area contributed by atoms with Crippen molar-refractivity contribution in [3.8, 4) is 0 Å². The summed E-state index contributed by atoms with van der Waals surface area (Å²) in [6, 6.07) is 1.45. The van der Waals surface area contributed by atoms with Gasteiger partial charge in [0.2, 0.25) is 0 Å². The van der Waals surface area contributed by atoms with Crippen LogP contribution in [0.1, 0.15) is 34.8 Å². The van der Waals surface area contributed by atoms with E-state index in [1.54, 1.807) is 13.8 Å². The third-order valence-electron chi connectivity index (χ3n) is 1.54. The lowest BCUT2D eigenvalue weighted by atomic mass is 10.0. The molecule has 0 bridgehead atoms. The second kappa shape index (κ2) is 3.34. The molecular formula is C9H10O3. The molecule has 3 heteroatoms. The van der Waals surface area contributed by atoms with Gasteiger partial charge in [0.05, 0.1) is 5.56 Å². The molecule has 0 N–H and O–H groups in total. The molecule has 0 radical (unpaired) electrons. The summed E-state index contributed by atoms with van der Waals surface area (Å²) < 4.78 is 4.80. The molecule has 3 nitrogen and oxygen atoms in total. The van der Waals surface area contributed by atoms with Crippen molar-refractivity contribution >= 4 is 12.1 Å². The fourth-order valence-corrected chi connectivity index (χ4v) is 0.877. The van der Waals surface area contributed by atoms with E-state index >= 15 is 0 Å². The molecule has 0 aromatic carbocycles. The van der Waals surface area contributed by atoms with Crippen molar-refractivity contribution in [2.45, 2.75) is 13.8 Å². The Morgan fingerprint density at radius 3 is 2.67 bits per heavy atom. The topological polar surface area (TPSA) is 47.3 Å². The largest absolute Gasteiger partial charge is 0.461 e. The van der Waals surface area contributed by atoms with Gasteiger partial charge in [-0.3, -0.25) is 9.59 Å². The quantitative estimate of drug-likeness (QED) is 0.509. The van der Waals surface area contributed by atoms with Crippen molar-refractivity contribution in [3.05, 3.63) is 23.7 Å². The van der Waals surface area contributed by atoms with Gasteiger partial charge in [0.15, 0.2) is 17.8 Å². The van der Waals surface area contributed by atoms with E-state index in [4.69, 9.17) is 4.42 Å². The van der Waals surface area contributed by atoms with Crippen molar-refractivity contribution in [2.24, 2.45) is 5.92 Å². The summed E-state index contributed by atoms with van der Waals surface area (Å²) in [7, 11) is 0. The molecule has 0 aliphatic heterocycles. The molecule has 64 valence electrons. The van der Waals surface area contributed by atoms with Crippen molar-refractivity contribution in [1.29, 1.82) is 0 Å². The molecule has 0 aliphatic carbocycles. The van der Waals surface area contributed by atoms with Gasteiger partial charge >= 0.3 is 0 Å². The van der Waals surface area contributed by atoms with E-state index in [2.05, 4.69) is 0 Å². The number of hydrogen-bond acceptors (Lipinski definition) is 3. The first-order valence-corrected chi connectivity index (χ1v) is 3.73. The van der Waals surface area contributed by atoms with Gasteiger partial charge in [-0.2, -0.15) is 0 Å². The van der Waals surface area contributed by atoms with E-state index in [9.17, 15) is 9.59 Å². The Balaban J connectivity index is 2.89. The monoisotopic (exact) mass is 166 g/mol. The third kappa shape index (κ3) is 1.61. The Hall–Kier alpha value is -1.38. The van der Waals surface area contributed by atoms with E-state index in [1.807, 2.05) is 0 Å². The number of furan rings is 1. The maximum Gasteiger partial charge on any atom is 0.185 e. The Labute approximate surface area is 70.4 Å². The number of aldehydes is 1. The molecule has 1 aromatic heterocycles. The fraction of sp³-hybridized carbons (Fsp3) is 0.333. The molecule has 0 atom stereocenters. The summed E-state index contributed by atoms with van der Waals surface area (Å²) in [5.74, 6) is 0.118. The Morgan fingerprint density at radius 1 is 1.58 bits per heavy atom. The van der Waals surface area contributed by atoms with Crippen molar-refractivity contribution in [2.75, 3.05) is 0 Å². The lowest BCUT2D eigenvalue weighted by Gasteiger charge is -1.97. The van der Waals surface area contributed by atoms with E-state index in [-0.39, 0.29) is 17.5 Å². The fourth-order valence-electron chi connectivity index (χ4n) is 0.877. The molecule has 1 heterocycles. The second-order valence-corrected chi connectivity index (χ2v) is 2.87. The van der Waals surface area contributed by atoms with Crippen LogP contribution >= 0.6 is 0 Å². The lowest BCUT2D eigenvalue weighted by Crippen LogP contribution is -2.05. The van der Waals surface area contributed by atoms with Crippen molar-refractivity contribution < 1.29 is 14.0 Å². The minimum atomic E-state index is -0.0675. The molecule has 0 unspecified atom stereocenters. The molecule has 0 spiro atoms. The molecule has 0 fully saturated rings. The van der Waals surface area contributed by atoms with Crippen LogP contribution in [0.5, 0.6) is 0 Å². The van der Waals surface area contributed by atoms with E-state index in [0.29, 0.717) is 11.8 Å². The Kier molecular flexibility index (Phi) is 2.43. The average Bonchev–Trinajstić information content (AvgIpc) is 2.50. The highest BCUT2D eigenvalue weighted by atomic mass is 16.3. The highest BCUT2D eigenvalue weighted by Gasteiger charge is 2.12. The maximum absolute atomic E-state index is 11.3. The van der Waals surface area contributed by atoms with E-state index < -0.39 is 0 Å². The van der Waals surface area contributed by atoms with Crippen LogP contribution in [0.2, 0.25) is 0 Å². The van der Waals surface area contributed by atoms with Crippen LogP contribution < -0.4 is 0 Å². The smallest absolute Gasteiger partial charge is 0.185 e. The Morgan fingerprint density at radius 2 is 2.25 bits per heavy atom. The summed E-state index contributed by atoms with van der Waals surface area (Å²) in [6.07, 6.45) is 1.89. The first-order valence-electron chi connectivity index (χ1n) is 3.73. The molecule has 0 amide bonds. The molecular weight excluding hydrogens is 156 g/mol. The molecule has 0 saturated heterocycles. The maximum atomic E-state index is 11.3. The molecule has 0 aliphatic rings. The van der Waals surface area contributed by atoms with E-state index in [0.717, 1.165) is 0 Å². The first-order chi connectivity index (χ1) is 5.65. The number of hydrogen-bond donors (Lipinski definition) is 0. The molecule has 0 saturated carbocycles. The van der Waals surface area contributed by atoms with Gasteiger partial charge in [0.1, 0.15) is 6.26 Å². The summed E-state index contributed by atoms with van der Waals surface area (Å²) in [4.78, 5) is 21.5. The van der Waals surface area contributed by atoms with Crippen LogP contribution in [-0.4, -0.2) is 12.1 Å². The second-order valence-electron chi connectivity index (χ2n) is 2.87. The van der Waals surface area contributed by atoms with Gasteiger partial charge in [0.25, 0.3) is 0 Å². The predicted octanol–water partition coefficient (Wildman–Crippen LogP) is 1.93. The summed E-state index contributed by atoms with van der Waals surface area (Å²) in [6.45, 7) is 3.60. The third-order valence-corrected chi connectivity index (χ3v) is 1.54. The molecule has 1 rings (SSSR count). The van der Waals surface area contributed by atoms with Crippen LogP contribution in [0.25, 0.3) is 0 Å². The minimum absolute atomic E-state index is 0.00755.